The first-order chi connectivity index (χ1) is 6.16. The lowest BCUT2D eigenvalue weighted by molar-refractivity contribution is 0.0797. The van der Waals surface area contributed by atoms with Crippen molar-refractivity contribution in [3.05, 3.63) is 29.8 Å². The van der Waals surface area contributed by atoms with Gasteiger partial charge in [-0.3, -0.25) is 4.79 Å². The minimum atomic E-state index is -0.715. The third-order valence-electron chi connectivity index (χ3n) is 1.81. The summed E-state index contributed by atoms with van der Waals surface area (Å²) in [5.74, 6) is -1.05. The van der Waals surface area contributed by atoms with Crippen LogP contribution in [0.15, 0.2) is 18.3 Å². The Balaban J connectivity index is 2.95. The summed E-state index contributed by atoms with van der Waals surface area (Å²) in [4.78, 5) is 16.3. The highest BCUT2D eigenvalue weighted by Gasteiger charge is 2.14. The number of nitrogens with zero attached hydrogens (tertiary/aromatic N) is 2. The molecule has 3 nitrogen and oxygen atoms in total. The van der Waals surface area contributed by atoms with E-state index in [0.29, 0.717) is 6.54 Å². The van der Waals surface area contributed by atoms with Gasteiger partial charge in [-0.15, -0.1) is 0 Å². The second-order valence-electron chi connectivity index (χ2n) is 2.66. The predicted molar refractivity (Wildman–Crippen MR) is 46.8 cm³/mol. The number of aromatic nitrogens is 1. The average Bonchev–Trinajstić information content (AvgIpc) is 2.16. The molecule has 4 heteroatoms. The van der Waals surface area contributed by atoms with Crippen LogP contribution >= 0.6 is 0 Å². The molecule has 13 heavy (non-hydrogen) atoms. The maximum absolute atomic E-state index is 13.0. The predicted octanol–water partition coefficient (Wildman–Crippen LogP) is 1.31. The van der Waals surface area contributed by atoms with Gasteiger partial charge in [-0.2, -0.15) is 4.39 Å². The van der Waals surface area contributed by atoms with Crippen LogP contribution in [-0.2, 0) is 0 Å². The Bertz CT molecular complexity index is 314. The second kappa shape index (κ2) is 3.98. The van der Waals surface area contributed by atoms with Gasteiger partial charge in [0.05, 0.1) is 5.56 Å². The smallest absolute Gasteiger partial charge is 0.258 e. The topological polar surface area (TPSA) is 33.2 Å². The Morgan fingerprint density at radius 3 is 2.92 bits per heavy atom. The van der Waals surface area contributed by atoms with E-state index in [4.69, 9.17) is 0 Å². The van der Waals surface area contributed by atoms with Gasteiger partial charge < -0.3 is 4.90 Å². The summed E-state index contributed by atoms with van der Waals surface area (Å²) in [5.41, 5.74) is 0.0202. The van der Waals surface area contributed by atoms with Gasteiger partial charge in [0.1, 0.15) is 0 Å². The third kappa shape index (κ3) is 2.02. The molecule has 1 heterocycles. The molecule has 0 saturated carbocycles. The van der Waals surface area contributed by atoms with Crippen molar-refractivity contribution in [3.63, 3.8) is 0 Å². The van der Waals surface area contributed by atoms with Crippen molar-refractivity contribution in [2.45, 2.75) is 6.92 Å². The van der Waals surface area contributed by atoms with Gasteiger partial charge in [-0.05, 0) is 19.1 Å². The minimum Gasteiger partial charge on any atom is -0.342 e. The van der Waals surface area contributed by atoms with Crippen LogP contribution < -0.4 is 0 Å². The molecule has 0 aromatic carbocycles. The minimum absolute atomic E-state index is 0.0202. The molecule has 1 aromatic heterocycles. The number of rotatable bonds is 2. The number of amides is 1. The van der Waals surface area contributed by atoms with Crippen molar-refractivity contribution in [1.82, 2.24) is 9.88 Å². The number of halogens is 1. The number of carbonyl (C=O) groups is 1. The average molecular weight is 182 g/mol. The number of hydrogen-bond donors (Lipinski definition) is 0. The van der Waals surface area contributed by atoms with Gasteiger partial charge in [0.2, 0.25) is 5.95 Å². The molecule has 0 spiro atoms. The summed E-state index contributed by atoms with van der Waals surface area (Å²) >= 11 is 0. The van der Waals surface area contributed by atoms with Crippen LogP contribution in [0.5, 0.6) is 0 Å². The highest BCUT2D eigenvalue weighted by molar-refractivity contribution is 5.93. The van der Waals surface area contributed by atoms with Crippen molar-refractivity contribution in [1.29, 1.82) is 0 Å². The van der Waals surface area contributed by atoms with Gasteiger partial charge in [0.15, 0.2) is 0 Å². The zero-order valence-electron chi connectivity index (χ0n) is 7.62. The number of carbonyl (C=O) groups excluding carboxylic acids is 1. The van der Waals surface area contributed by atoms with E-state index in [2.05, 4.69) is 4.98 Å². The Morgan fingerprint density at radius 2 is 2.38 bits per heavy atom. The maximum atomic E-state index is 13.0. The Hall–Kier alpha value is -1.45. The summed E-state index contributed by atoms with van der Waals surface area (Å²) < 4.78 is 13.0. The van der Waals surface area contributed by atoms with Crippen LogP contribution in [0, 0.1) is 5.95 Å². The fourth-order valence-corrected chi connectivity index (χ4v) is 0.895. The molecule has 0 N–H and O–H groups in total. The highest BCUT2D eigenvalue weighted by atomic mass is 19.1. The van der Waals surface area contributed by atoms with Gasteiger partial charge in [0, 0.05) is 19.8 Å². The molecular formula is C9H11FN2O. The van der Waals surface area contributed by atoms with E-state index in [-0.39, 0.29) is 11.5 Å². The van der Waals surface area contributed by atoms with Crippen molar-refractivity contribution >= 4 is 5.91 Å². The number of hydrogen-bond acceptors (Lipinski definition) is 2. The molecule has 1 amide bonds. The monoisotopic (exact) mass is 182 g/mol. The van der Waals surface area contributed by atoms with Gasteiger partial charge in [-0.1, -0.05) is 0 Å². The first-order valence-electron chi connectivity index (χ1n) is 4.02. The van der Waals surface area contributed by atoms with E-state index < -0.39 is 5.95 Å². The van der Waals surface area contributed by atoms with E-state index >= 15 is 0 Å². The zero-order chi connectivity index (χ0) is 9.84. The first-order valence-corrected chi connectivity index (χ1v) is 4.02. The molecule has 0 unspecified atom stereocenters. The Labute approximate surface area is 76.2 Å². The van der Waals surface area contributed by atoms with Crippen molar-refractivity contribution in [3.8, 4) is 0 Å². The molecule has 0 fully saturated rings. The van der Waals surface area contributed by atoms with Crippen molar-refractivity contribution in [2.75, 3.05) is 13.6 Å². The molecule has 0 aliphatic heterocycles. The largest absolute Gasteiger partial charge is 0.342 e. The van der Waals surface area contributed by atoms with Crippen LogP contribution in [0.1, 0.15) is 17.3 Å². The maximum Gasteiger partial charge on any atom is 0.258 e. The van der Waals surface area contributed by atoms with Crippen LogP contribution in [0.3, 0.4) is 0 Å². The van der Waals surface area contributed by atoms with E-state index in [1.54, 1.807) is 13.1 Å². The summed E-state index contributed by atoms with van der Waals surface area (Å²) in [6.45, 7) is 2.37. The normalized spacial score (nSPS) is 9.77. The molecule has 0 atom stereocenters. The highest BCUT2D eigenvalue weighted by Crippen LogP contribution is 2.05. The third-order valence-corrected chi connectivity index (χ3v) is 1.81. The molecule has 0 radical (unpaired) electrons. The van der Waals surface area contributed by atoms with Crippen LogP contribution in [0.4, 0.5) is 4.39 Å². The second-order valence-corrected chi connectivity index (χ2v) is 2.66. The molecule has 0 saturated heterocycles. The van der Waals surface area contributed by atoms with E-state index in [0.717, 1.165) is 0 Å². The van der Waals surface area contributed by atoms with E-state index in [1.807, 2.05) is 6.92 Å². The summed E-state index contributed by atoms with van der Waals surface area (Å²) in [5, 5.41) is 0. The van der Waals surface area contributed by atoms with Crippen molar-refractivity contribution < 1.29 is 9.18 Å². The van der Waals surface area contributed by atoms with E-state index in [1.165, 1.54) is 17.2 Å². The lowest BCUT2D eigenvalue weighted by atomic mass is 10.2. The lowest BCUT2D eigenvalue weighted by Gasteiger charge is -2.13. The van der Waals surface area contributed by atoms with Crippen LogP contribution in [-0.4, -0.2) is 29.4 Å². The summed E-state index contributed by atoms with van der Waals surface area (Å²) in [6.07, 6.45) is 1.32. The molecule has 0 bridgehead atoms. The number of pyridine rings is 1. The fraction of sp³-hybridized carbons (Fsp3) is 0.333. The molecule has 0 aliphatic rings. The van der Waals surface area contributed by atoms with Crippen molar-refractivity contribution in [2.24, 2.45) is 0 Å². The van der Waals surface area contributed by atoms with Gasteiger partial charge in [0.25, 0.3) is 5.91 Å². The molecule has 70 valence electrons. The van der Waals surface area contributed by atoms with Gasteiger partial charge >= 0.3 is 0 Å². The van der Waals surface area contributed by atoms with Gasteiger partial charge in [-0.25, -0.2) is 4.98 Å². The van der Waals surface area contributed by atoms with Crippen LogP contribution in [0.25, 0.3) is 0 Å². The molecule has 1 aromatic rings. The quantitative estimate of drug-likeness (QED) is 0.646. The Morgan fingerprint density at radius 1 is 1.69 bits per heavy atom. The SMILES string of the molecule is CCN(C)C(=O)c1cccnc1F. The summed E-state index contributed by atoms with van der Waals surface area (Å²) in [7, 11) is 1.62. The lowest BCUT2D eigenvalue weighted by Crippen LogP contribution is -2.27. The zero-order valence-corrected chi connectivity index (χ0v) is 7.62. The van der Waals surface area contributed by atoms with Crippen LogP contribution in [0.2, 0.25) is 0 Å². The molecule has 0 aliphatic carbocycles. The standard InChI is InChI=1S/C9H11FN2O/c1-3-12(2)9(13)7-5-4-6-11-8(7)10/h4-6H,3H2,1-2H3. The first kappa shape index (κ1) is 9.64. The Kier molecular flexibility index (Phi) is 2.95. The van der Waals surface area contributed by atoms with E-state index in [9.17, 15) is 9.18 Å². The fourth-order valence-electron chi connectivity index (χ4n) is 0.895. The molecule has 1 rings (SSSR count). The molecular weight excluding hydrogens is 171 g/mol. The summed E-state index contributed by atoms with van der Waals surface area (Å²) in [6, 6.07) is 2.97.